The molecule has 0 aliphatic carbocycles. The molecule has 0 aliphatic rings. The lowest BCUT2D eigenvalue weighted by molar-refractivity contribution is -0.115. The summed E-state index contributed by atoms with van der Waals surface area (Å²) >= 11 is 1.39. The Bertz CT molecular complexity index is 1030. The first-order chi connectivity index (χ1) is 14.0. The lowest BCUT2D eigenvalue weighted by Gasteiger charge is -2.12. The molecule has 0 aliphatic heterocycles. The van der Waals surface area contributed by atoms with E-state index in [4.69, 9.17) is 9.47 Å². The molecule has 2 N–H and O–H groups in total. The van der Waals surface area contributed by atoms with Crippen LogP contribution in [0.1, 0.15) is 37.6 Å². The fourth-order valence-corrected chi connectivity index (χ4v) is 3.52. The number of anilines is 2. The van der Waals surface area contributed by atoms with Crippen LogP contribution in [0.4, 0.5) is 10.8 Å². The Labute approximate surface area is 173 Å². The van der Waals surface area contributed by atoms with Crippen molar-refractivity contribution in [3.05, 3.63) is 42.0 Å². The average molecular weight is 413 g/mol. The molecule has 0 bridgehead atoms. The van der Waals surface area contributed by atoms with Crippen LogP contribution < -0.4 is 20.1 Å². The molecule has 152 valence electrons. The number of carbonyl (C=O) groups is 2. The second-order valence-electron chi connectivity index (χ2n) is 6.08. The number of aromatic nitrogens is 1. The Morgan fingerprint density at radius 1 is 0.966 bits per heavy atom. The molecular formula is C21H23N3O4S. The van der Waals surface area contributed by atoms with E-state index in [-0.39, 0.29) is 11.8 Å². The Morgan fingerprint density at radius 3 is 2.45 bits per heavy atom. The van der Waals surface area contributed by atoms with Crippen molar-refractivity contribution in [3.63, 3.8) is 0 Å². The topological polar surface area (TPSA) is 89.6 Å². The van der Waals surface area contributed by atoms with Gasteiger partial charge in [-0.1, -0.05) is 18.3 Å². The van der Waals surface area contributed by atoms with Gasteiger partial charge in [0, 0.05) is 17.7 Å². The van der Waals surface area contributed by atoms with Gasteiger partial charge in [-0.3, -0.25) is 9.59 Å². The summed E-state index contributed by atoms with van der Waals surface area (Å²) < 4.78 is 12.0. The number of amides is 2. The summed E-state index contributed by atoms with van der Waals surface area (Å²) in [4.78, 5) is 28.6. The van der Waals surface area contributed by atoms with E-state index < -0.39 is 0 Å². The van der Waals surface area contributed by atoms with E-state index in [0.29, 0.717) is 53.0 Å². The molecule has 2 aromatic carbocycles. The van der Waals surface area contributed by atoms with Gasteiger partial charge in [0.05, 0.1) is 23.4 Å². The number of ether oxygens (including phenoxy) is 2. The van der Waals surface area contributed by atoms with E-state index in [2.05, 4.69) is 15.6 Å². The molecule has 7 nitrogen and oxygen atoms in total. The number of fused-ring (bicyclic) bond motifs is 1. The van der Waals surface area contributed by atoms with Crippen molar-refractivity contribution in [2.24, 2.45) is 0 Å². The first-order valence-electron chi connectivity index (χ1n) is 9.45. The molecule has 1 aromatic heterocycles. The third-order valence-electron chi connectivity index (χ3n) is 4.02. The van der Waals surface area contributed by atoms with E-state index in [1.165, 1.54) is 11.3 Å². The fraction of sp³-hybridized carbons (Fsp3) is 0.286. The van der Waals surface area contributed by atoms with Gasteiger partial charge in [-0.2, -0.15) is 0 Å². The number of hydrogen-bond donors (Lipinski definition) is 2. The number of carbonyl (C=O) groups excluding carboxylic acids is 2. The smallest absolute Gasteiger partial charge is 0.255 e. The second kappa shape index (κ2) is 9.38. The van der Waals surface area contributed by atoms with Crippen LogP contribution in [0.15, 0.2) is 36.4 Å². The van der Waals surface area contributed by atoms with Crippen molar-refractivity contribution < 1.29 is 19.1 Å². The van der Waals surface area contributed by atoms with Gasteiger partial charge < -0.3 is 20.1 Å². The Balaban J connectivity index is 1.78. The Kier molecular flexibility index (Phi) is 6.66. The summed E-state index contributed by atoms with van der Waals surface area (Å²) in [7, 11) is 0. The second-order valence-corrected chi connectivity index (χ2v) is 7.12. The minimum absolute atomic E-state index is 0.0850. The van der Waals surface area contributed by atoms with Gasteiger partial charge in [-0.25, -0.2) is 4.98 Å². The van der Waals surface area contributed by atoms with Gasteiger partial charge in [0.15, 0.2) is 16.6 Å². The first-order valence-corrected chi connectivity index (χ1v) is 10.3. The summed E-state index contributed by atoms with van der Waals surface area (Å²) in [6.07, 6.45) is 0.392. The maximum atomic E-state index is 12.7. The summed E-state index contributed by atoms with van der Waals surface area (Å²) in [5.41, 5.74) is 1.79. The van der Waals surface area contributed by atoms with Crippen LogP contribution in [-0.2, 0) is 4.79 Å². The van der Waals surface area contributed by atoms with Gasteiger partial charge in [0.2, 0.25) is 5.91 Å². The number of thiazole rings is 1. The lowest BCUT2D eigenvalue weighted by atomic mass is 10.1. The fourth-order valence-electron chi connectivity index (χ4n) is 2.66. The molecule has 0 saturated carbocycles. The predicted octanol–water partition coefficient (Wildman–Crippen LogP) is 4.69. The molecule has 3 rings (SSSR count). The number of rotatable bonds is 8. The number of nitrogens with zero attached hydrogens (tertiary/aromatic N) is 1. The van der Waals surface area contributed by atoms with Crippen LogP contribution in [0.5, 0.6) is 11.5 Å². The van der Waals surface area contributed by atoms with Crippen LogP contribution >= 0.6 is 11.3 Å². The summed E-state index contributed by atoms with van der Waals surface area (Å²) in [5.74, 6) is 0.797. The van der Waals surface area contributed by atoms with Crippen LogP contribution in [0, 0.1) is 0 Å². The minimum Gasteiger partial charge on any atom is -0.490 e. The molecule has 1 heterocycles. The van der Waals surface area contributed by atoms with Crippen LogP contribution in [0.25, 0.3) is 10.2 Å². The highest BCUT2D eigenvalue weighted by Gasteiger charge is 2.13. The van der Waals surface area contributed by atoms with Gasteiger partial charge >= 0.3 is 0 Å². The molecule has 8 heteroatoms. The van der Waals surface area contributed by atoms with Crippen molar-refractivity contribution in [2.45, 2.75) is 27.2 Å². The molecule has 0 fully saturated rings. The normalized spacial score (nSPS) is 10.6. The zero-order valence-corrected chi connectivity index (χ0v) is 17.4. The molecule has 29 heavy (non-hydrogen) atoms. The van der Waals surface area contributed by atoms with Gasteiger partial charge in [-0.15, -0.1) is 0 Å². The van der Waals surface area contributed by atoms with E-state index >= 15 is 0 Å². The van der Waals surface area contributed by atoms with Gasteiger partial charge in [-0.05, 0) is 50.2 Å². The number of hydrogen-bond acceptors (Lipinski definition) is 6. The highest BCUT2D eigenvalue weighted by atomic mass is 32.1. The molecule has 0 spiro atoms. The van der Waals surface area contributed by atoms with Crippen molar-refractivity contribution in [1.29, 1.82) is 0 Å². The highest BCUT2D eigenvalue weighted by molar-refractivity contribution is 7.22. The minimum atomic E-state index is -0.261. The molecule has 0 atom stereocenters. The van der Waals surface area contributed by atoms with Crippen LogP contribution in [0.3, 0.4) is 0 Å². The van der Waals surface area contributed by atoms with Crippen molar-refractivity contribution >= 4 is 44.2 Å². The van der Waals surface area contributed by atoms with Crippen molar-refractivity contribution in [2.75, 3.05) is 23.8 Å². The molecule has 0 radical (unpaired) electrons. The monoisotopic (exact) mass is 413 g/mol. The van der Waals surface area contributed by atoms with Crippen LogP contribution in [-0.4, -0.2) is 30.0 Å². The van der Waals surface area contributed by atoms with Gasteiger partial charge in [0.1, 0.15) is 0 Å². The van der Waals surface area contributed by atoms with E-state index in [0.717, 1.165) is 4.70 Å². The predicted molar refractivity (Wildman–Crippen MR) is 115 cm³/mol. The molecular weight excluding hydrogens is 390 g/mol. The Hall–Kier alpha value is -3.13. The molecule has 0 saturated heterocycles. The standard InChI is InChI=1S/C21H23N3O4S/c1-4-19(25)24-21-23-15-12-14(8-10-18(15)29-21)22-20(26)13-7-9-16(27-5-2)17(11-13)28-6-3/h7-12H,4-6H2,1-3H3,(H,22,26)(H,23,24,25). The largest absolute Gasteiger partial charge is 0.490 e. The SMILES string of the molecule is CCOc1ccc(C(=O)Nc2ccc3sc(NC(=O)CC)nc3c2)cc1OCC. The highest BCUT2D eigenvalue weighted by Crippen LogP contribution is 2.30. The number of benzene rings is 2. The van der Waals surface area contributed by atoms with Crippen LogP contribution in [0.2, 0.25) is 0 Å². The molecule has 2 amide bonds. The first kappa shape index (κ1) is 20.6. The molecule has 3 aromatic rings. The third kappa shape index (κ3) is 5.03. The van der Waals surface area contributed by atoms with E-state index in [1.54, 1.807) is 31.2 Å². The zero-order valence-electron chi connectivity index (χ0n) is 16.6. The molecule has 0 unspecified atom stereocenters. The van der Waals surface area contributed by atoms with E-state index in [1.807, 2.05) is 26.0 Å². The lowest BCUT2D eigenvalue weighted by Crippen LogP contribution is -2.12. The number of nitrogens with one attached hydrogen (secondary N) is 2. The van der Waals surface area contributed by atoms with Crippen molar-refractivity contribution in [1.82, 2.24) is 4.98 Å². The average Bonchev–Trinajstić information content (AvgIpc) is 3.10. The van der Waals surface area contributed by atoms with Crippen molar-refractivity contribution in [3.8, 4) is 11.5 Å². The Morgan fingerprint density at radius 2 is 1.72 bits per heavy atom. The summed E-state index contributed by atoms with van der Waals surface area (Å²) in [6, 6.07) is 10.6. The maximum absolute atomic E-state index is 12.7. The third-order valence-corrected chi connectivity index (χ3v) is 4.97. The summed E-state index contributed by atoms with van der Waals surface area (Å²) in [5, 5.41) is 6.18. The zero-order chi connectivity index (χ0) is 20.8. The maximum Gasteiger partial charge on any atom is 0.255 e. The summed E-state index contributed by atoms with van der Waals surface area (Å²) in [6.45, 7) is 6.55. The van der Waals surface area contributed by atoms with E-state index in [9.17, 15) is 9.59 Å². The van der Waals surface area contributed by atoms with Gasteiger partial charge in [0.25, 0.3) is 5.91 Å². The quantitative estimate of drug-likeness (QED) is 0.559.